The Kier molecular flexibility index (Phi) is 5.21. The van der Waals surface area contributed by atoms with Gasteiger partial charge >= 0.3 is 0 Å². The number of allylic oxidation sites excluding steroid dienone is 4. The van der Waals surface area contributed by atoms with E-state index >= 15 is 0 Å². The summed E-state index contributed by atoms with van der Waals surface area (Å²) in [5, 5.41) is 0. The van der Waals surface area contributed by atoms with Crippen LogP contribution in [0.25, 0.3) is 0 Å². The van der Waals surface area contributed by atoms with Gasteiger partial charge in [-0.25, -0.2) is 0 Å². The quantitative estimate of drug-likeness (QED) is 0.708. The minimum absolute atomic E-state index is 0.694. The van der Waals surface area contributed by atoms with Gasteiger partial charge in [0.25, 0.3) is 0 Å². The average molecular weight is 281 g/mol. The molecule has 0 aromatic rings. The lowest BCUT2D eigenvalue weighted by Crippen LogP contribution is -2.52. The topological polar surface area (TPSA) is 6.48 Å². The third-order valence-corrected chi connectivity index (χ3v) is 9.65. The van der Waals surface area contributed by atoms with E-state index in [-0.39, 0.29) is 0 Å². The number of hydrogen-bond donors (Lipinski definition) is 0. The van der Waals surface area contributed by atoms with Crippen LogP contribution in [0.1, 0.15) is 27.7 Å². The van der Waals surface area contributed by atoms with E-state index in [1.807, 2.05) is 0 Å². The van der Waals surface area contributed by atoms with Crippen molar-refractivity contribution in [3.8, 4) is 0 Å². The molecule has 110 valence electrons. The standard InChI is InChI=1S/C16H32N2Si/c1-12-13(2)15(4)16(14(12)3)19(8,9)18(7)11-10-17(5)6/h16H,10-11H2,1-9H3. The van der Waals surface area contributed by atoms with Gasteiger partial charge in [0.1, 0.15) is 8.24 Å². The fraction of sp³-hybridized carbons (Fsp3) is 0.750. The summed E-state index contributed by atoms with van der Waals surface area (Å²) in [6.45, 7) is 16.6. The Bertz CT molecular complexity index is 381. The van der Waals surface area contributed by atoms with Crippen LogP contribution in [0.4, 0.5) is 0 Å². The molecular formula is C16H32N2Si. The molecule has 2 nitrogen and oxygen atoms in total. The first-order valence-electron chi connectivity index (χ1n) is 7.31. The van der Waals surface area contributed by atoms with Gasteiger partial charge in [0.2, 0.25) is 0 Å². The highest BCUT2D eigenvalue weighted by molar-refractivity contribution is 6.77. The van der Waals surface area contributed by atoms with E-state index in [0.29, 0.717) is 5.54 Å². The fourth-order valence-electron chi connectivity index (χ4n) is 3.27. The van der Waals surface area contributed by atoms with Crippen molar-refractivity contribution in [3.63, 3.8) is 0 Å². The Hall–Kier alpha value is -0.383. The molecule has 0 saturated carbocycles. The lowest BCUT2D eigenvalue weighted by atomic mass is 10.1. The molecule has 0 fully saturated rings. The molecule has 0 aromatic heterocycles. The maximum Gasteiger partial charge on any atom is 0.133 e. The predicted molar refractivity (Wildman–Crippen MR) is 89.2 cm³/mol. The molecule has 3 heteroatoms. The number of likely N-dealkylation sites (N-methyl/N-ethyl adjacent to an activating group) is 2. The van der Waals surface area contributed by atoms with Crippen LogP contribution in [0.5, 0.6) is 0 Å². The summed E-state index contributed by atoms with van der Waals surface area (Å²) in [5.41, 5.74) is 6.99. The van der Waals surface area contributed by atoms with Gasteiger partial charge in [-0.05, 0) is 60.0 Å². The first kappa shape index (κ1) is 16.7. The van der Waals surface area contributed by atoms with E-state index in [4.69, 9.17) is 0 Å². The third-order valence-electron chi connectivity index (χ3n) is 5.18. The fourth-order valence-corrected chi connectivity index (χ4v) is 6.94. The average Bonchev–Trinajstić information content (AvgIpc) is 2.50. The summed E-state index contributed by atoms with van der Waals surface area (Å²) in [5.74, 6) is 0. The molecule has 0 amide bonds. The zero-order chi connectivity index (χ0) is 15.0. The zero-order valence-electron chi connectivity index (χ0n) is 14.4. The van der Waals surface area contributed by atoms with Gasteiger partial charge in [0.15, 0.2) is 0 Å². The van der Waals surface area contributed by atoms with Crippen LogP contribution in [-0.4, -0.2) is 51.9 Å². The molecule has 0 N–H and O–H groups in total. The number of hydrogen-bond acceptors (Lipinski definition) is 2. The highest BCUT2D eigenvalue weighted by Crippen LogP contribution is 2.47. The van der Waals surface area contributed by atoms with Crippen molar-refractivity contribution in [2.24, 2.45) is 0 Å². The molecule has 0 aliphatic heterocycles. The van der Waals surface area contributed by atoms with Crippen molar-refractivity contribution < 1.29 is 0 Å². The summed E-state index contributed by atoms with van der Waals surface area (Å²) in [4.78, 5) is 2.28. The Morgan fingerprint density at radius 3 is 1.63 bits per heavy atom. The minimum atomic E-state index is -1.46. The highest BCUT2D eigenvalue weighted by Gasteiger charge is 2.41. The van der Waals surface area contributed by atoms with Gasteiger partial charge in [0, 0.05) is 18.6 Å². The molecule has 0 unspecified atom stereocenters. The predicted octanol–water partition coefficient (Wildman–Crippen LogP) is 3.74. The molecule has 0 bridgehead atoms. The van der Waals surface area contributed by atoms with Gasteiger partial charge < -0.3 is 9.47 Å². The van der Waals surface area contributed by atoms with Crippen molar-refractivity contribution in [1.29, 1.82) is 0 Å². The highest BCUT2D eigenvalue weighted by atomic mass is 28.3. The Morgan fingerprint density at radius 2 is 1.26 bits per heavy atom. The van der Waals surface area contributed by atoms with Crippen LogP contribution in [0.15, 0.2) is 22.3 Å². The summed E-state index contributed by atoms with van der Waals surface area (Å²) >= 11 is 0. The van der Waals surface area contributed by atoms with E-state index in [2.05, 4.69) is 71.4 Å². The maximum absolute atomic E-state index is 2.65. The first-order valence-corrected chi connectivity index (χ1v) is 10.3. The minimum Gasteiger partial charge on any atom is -0.324 e. The first-order chi connectivity index (χ1) is 8.60. The molecule has 0 atom stereocenters. The third kappa shape index (κ3) is 3.20. The van der Waals surface area contributed by atoms with Crippen LogP contribution in [0.3, 0.4) is 0 Å². The zero-order valence-corrected chi connectivity index (χ0v) is 15.4. The Morgan fingerprint density at radius 1 is 0.842 bits per heavy atom. The molecule has 1 aliphatic carbocycles. The van der Waals surface area contributed by atoms with Crippen LogP contribution in [0.2, 0.25) is 18.6 Å². The second-order valence-electron chi connectivity index (χ2n) is 6.93. The molecule has 0 radical (unpaired) electrons. The maximum atomic E-state index is 2.65. The number of nitrogens with zero attached hydrogens (tertiary/aromatic N) is 2. The van der Waals surface area contributed by atoms with Crippen molar-refractivity contribution in [1.82, 2.24) is 9.47 Å². The van der Waals surface area contributed by atoms with Crippen LogP contribution < -0.4 is 0 Å². The van der Waals surface area contributed by atoms with Gasteiger partial charge in [-0.2, -0.15) is 0 Å². The smallest absolute Gasteiger partial charge is 0.133 e. The summed E-state index contributed by atoms with van der Waals surface area (Å²) in [6, 6.07) is 0. The molecular weight excluding hydrogens is 248 g/mol. The monoisotopic (exact) mass is 280 g/mol. The number of rotatable bonds is 5. The lowest BCUT2D eigenvalue weighted by Gasteiger charge is -2.41. The molecule has 0 saturated heterocycles. The van der Waals surface area contributed by atoms with Gasteiger partial charge in [-0.3, -0.25) is 0 Å². The van der Waals surface area contributed by atoms with E-state index in [1.165, 1.54) is 17.7 Å². The molecule has 19 heavy (non-hydrogen) atoms. The summed E-state index contributed by atoms with van der Waals surface area (Å²) < 4.78 is 2.65. The van der Waals surface area contributed by atoms with Gasteiger partial charge in [0.05, 0.1) is 0 Å². The summed E-state index contributed by atoms with van der Waals surface area (Å²) in [6.07, 6.45) is 0. The normalized spacial score (nSPS) is 18.5. The summed E-state index contributed by atoms with van der Waals surface area (Å²) in [7, 11) is 5.17. The van der Waals surface area contributed by atoms with E-state index < -0.39 is 8.24 Å². The van der Waals surface area contributed by atoms with Crippen molar-refractivity contribution in [2.75, 3.05) is 34.2 Å². The van der Waals surface area contributed by atoms with Crippen molar-refractivity contribution >= 4 is 8.24 Å². The SMILES string of the molecule is CC1=C(C)C([Si](C)(C)N(C)CCN(C)C)C(C)=C1C. The van der Waals surface area contributed by atoms with Crippen molar-refractivity contribution in [2.45, 2.75) is 46.3 Å². The van der Waals surface area contributed by atoms with Gasteiger partial charge in [-0.15, -0.1) is 0 Å². The van der Waals surface area contributed by atoms with Crippen LogP contribution in [0, 0.1) is 0 Å². The molecule has 0 heterocycles. The second-order valence-corrected chi connectivity index (χ2v) is 11.6. The largest absolute Gasteiger partial charge is 0.324 e. The Balaban J connectivity index is 2.95. The van der Waals surface area contributed by atoms with E-state index in [1.54, 1.807) is 11.1 Å². The van der Waals surface area contributed by atoms with Crippen LogP contribution in [-0.2, 0) is 0 Å². The second kappa shape index (κ2) is 5.94. The molecule has 1 rings (SSSR count). The van der Waals surface area contributed by atoms with Crippen LogP contribution >= 0.6 is 0 Å². The lowest BCUT2D eigenvalue weighted by molar-refractivity contribution is 0.356. The molecule has 0 aromatic carbocycles. The van der Waals surface area contributed by atoms with E-state index in [9.17, 15) is 0 Å². The Labute approximate surface area is 121 Å². The van der Waals surface area contributed by atoms with Gasteiger partial charge in [-0.1, -0.05) is 24.2 Å². The molecule has 1 aliphatic rings. The van der Waals surface area contributed by atoms with Crippen molar-refractivity contribution in [3.05, 3.63) is 22.3 Å². The van der Waals surface area contributed by atoms with E-state index in [0.717, 1.165) is 6.54 Å². The molecule has 0 spiro atoms.